The number of rotatable bonds is 3. The number of nitrogens with one attached hydrogen (secondary N) is 1. The van der Waals surface area contributed by atoms with E-state index in [-0.39, 0.29) is 16.6 Å². The number of nitrogens with two attached hydrogens (primary N) is 1. The molecule has 1 aromatic rings. The van der Waals surface area contributed by atoms with E-state index >= 15 is 0 Å². The normalized spacial score (nSPS) is 16.8. The third-order valence-corrected chi connectivity index (χ3v) is 3.96. The van der Waals surface area contributed by atoms with Crippen LogP contribution >= 0.6 is 12.2 Å². The average molecular weight is 266 g/mol. The molecular weight excluding hydrogens is 251 g/mol. The molecule has 3 nitrogen and oxygen atoms in total. The van der Waals surface area contributed by atoms with Crippen molar-refractivity contribution in [3.8, 4) is 0 Å². The first kappa shape index (κ1) is 13.0. The summed E-state index contributed by atoms with van der Waals surface area (Å²) in [6, 6.07) is 4.66. The fraction of sp³-hybridized carbons (Fsp3) is 0.385. The topological polar surface area (TPSA) is 55.1 Å². The second-order valence-corrected chi connectivity index (χ2v) is 5.13. The van der Waals surface area contributed by atoms with E-state index in [0.29, 0.717) is 18.4 Å². The number of halogens is 1. The molecule has 0 radical (unpaired) electrons. The van der Waals surface area contributed by atoms with Gasteiger partial charge in [-0.25, -0.2) is 4.39 Å². The van der Waals surface area contributed by atoms with E-state index in [4.69, 9.17) is 18.0 Å². The van der Waals surface area contributed by atoms with Gasteiger partial charge in [0.15, 0.2) is 0 Å². The van der Waals surface area contributed by atoms with Gasteiger partial charge in [0.2, 0.25) is 5.91 Å². The first-order chi connectivity index (χ1) is 8.47. The molecule has 0 aliphatic heterocycles. The Hall–Kier alpha value is -1.49. The molecule has 0 heterocycles. The van der Waals surface area contributed by atoms with Gasteiger partial charge in [0.05, 0.1) is 16.1 Å². The lowest BCUT2D eigenvalue weighted by Gasteiger charge is -2.39. The van der Waals surface area contributed by atoms with Gasteiger partial charge in [-0.2, -0.15) is 0 Å². The molecule has 0 unspecified atom stereocenters. The largest absolute Gasteiger partial charge is 0.392 e. The summed E-state index contributed by atoms with van der Waals surface area (Å²) < 4.78 is 13.6. The Kier molecular flexibility index (Phi) is 3.34. The summed E-state index contributed by atoms with van der Waals surface area (Å²) >= 11 is 4.96. The Morgan fingerprint density at radius 2 is 2.17 bits per heavy atom. The van der Waals surface area contributed by atoms with Crippen LogP contribution in [0.4, 0.5) is 10.1 Å². The van der Waals surface area contributed by atoms with Crippen LogP contribution in [-0.2, 0) is 4.79 Å². The highest BCUT2D eigenvalue weighted by molar-refractivity contribution is 7.80. The fourth-order valence-electron chi connectivity index (χ4n) is 2.14. The zero-order valence-electron chi connectivity index (χ0n) is 10.1. The summed E-state index contributed by atoms with van der Waals surface area (Å²) in [7, 11) is 0. The number of anilines is 1. The van der Waals surface area contributed by atoms with Gasteiger partial charge < -0.3 is 11.1 Å². The molecule has 1 saturated carbocycles. The van der Waals surface area contributed by atoms with Crippen molar-refractivity contribution in [2.75, 3.05) is 5.32 Å². The Morgan fingerprint density at radius 3 is 2.61 bits per heavy atom. The number of thiocarbonyl (C=S) groups is 1. The summed E-state index contributed by atoms with van der Waals surface area (Å²) in [5.74, 6) is -0.741. The van der Waals surface area contributed by atoms with Crippen LogP contribution in [-0.4, -0.2) is 10.9 Å². The summed E-state index contributed by atoms with van der Waals surface area (Å²) in [5.41, 5.74) is 5.75. The Labute approximate surface area is 111 Å². The van der Waals surface area contributed by atoms with Crippen LogP contribution in [0.2, 0.25) is 0 Å². The molecule has 1 fully saturated rings. The number of carbonyl (C=O) groups excluding carboxylic acids is 1. The Bertz CT molecular complexity index is 491. The lowest BCUT2D eigenvalue weighted by atomic mass is 9.68. The molecule has 1 aromatic carbocycles. The number of carbonyl (C=O) groups is 1. The van der Waals surface area contributed by atoms with Crippen molar-refractivity contribution in [3.05, 3.63) is 29.6 Å². The highest BCUT2D eigenvalue weighted by Gasteiger charge is 2.47. The number of para-hydroxylation sites is 1. The molecule has 0 spiro atoms. The minimum atomic E-state index is -0.788. The molecule has 96 valence electrons. The zero-order chi connectivity index (χ0) is 13.3. The molecule has 0 aromatic heterocycles. The molecule has 3 N–H and O–H groups in total. The summed E-state index contributed by atoms with van der Waals surface area (Å²) in [6.45, 7) is 1.74. The predicted octanol–water partition coefficient (Wildman–Crippen LogP) is 2.53. The van der Waals surface area contributed by atoms with Gasteiger partial charge in [0.25, 0.3) is 0 Å². The predicted molar refractivity (Wildman–Crippen MR) is 72.8 cm³/mol. The van der Waals surface area contributed by atoms with Crippen LogP contribution in [0.5, 0.6) is 0 Å². The van der Waals surface area contributed by atoms with Crippen LogP contribution < -0.4 is 11.1 Å². The van der Waals surface area contributed by atoms with Crippen molar-refractivity contribution in [1.29, 1.82) is 0 Å². The van der Waals surface area contributed by atoms with Gasteiger partial charge in [-0.15, -0.1) is 0 Å². The maximum Gasteiger partial charge on any atom is 0.237 e. The van der Waals surface area contributed by atoms with E-state index in [2.05, 4.69) is 5.32 Å². The number of hydrogen-bond acceptors (Lipinski definition) is 2. The van der Waals surface area contributed by atoms with E-state index in [9.17, 15) is 9.18 Å². The summed E-state index contributed by atoms with van der Waals surface area (Å²) in [6.07, 6.45) is 2.20. The lowest BCUT2D eigenvalue weighted by Crippen LogP contribution is -2.50. The van der Waals surface area contributed by atoms with E-state index in [1.807, 2.05) is 0 Å². The molecule has 5 heteroatoms. The number of aryl methyl sites for hydroxylation is 1. The highest BCUT2D eigenvalue weighted by Crippen LogP contribution is 2.42. The summed E-state index contributed by atoms with van der Waals surface area (Å²) in [5, 5.41) is 2.62. The monoisotopic (exact) mass is 266 g/mol. The van der Waals surface area contributed by atoms with Gasteiger partial charge >= 0.3 is 0 Å². The average Bonchev–Trinajstić information content (AvgIpc) is 2.21. The third kappa shape index (κ3) is 1.99. The van der Waals surface area contributed by atoms with Gasteiger partial charge in [0, 0.05) is 0 Å². The first-order valence-corrected chi connectivity index (χ1v) is 6.25. The second-order valence-electron chi connectivity index (χ2n) is 4.69. The molecule has 2 rings (SSSR count). The molecule has 0 saturated heterocycles. The lowest BCUT2D eigenvalue weighted by molar-refractivity contribution is -0.125. The van der Waals surface area contributed by atoms with E-state index in [1.165, 1.54) is 6.07 Å². The van der Waals surface area contributed by atoms with Crippen LogP contribution in [0.25, 0.3) is 0 Å². The minimum absolute atomic E-state index is 0.195. The van der Waals surface area contributed by atoms with Gasteiger partial charge in [-0.3, -0.25) is 4.79 Å². The van der Waals surface area contributed by atoms with E-state index in [0.717, 1.165) is 6.42 Å². The molecule has 18 heavy (non-hydrogen) atoms. The van der Waals surface area contributed by atoms with Gasteiger partial charge in [0.1, 0.15) is 5.82 Å². The van der Waals surface area contributed by atoms with Crippen molar-refractivity contribution in [3.63, 3.8) is 0 Å². The molecule has 0 atom stereocenters. The van der Waals surface area contributed by atoms with Crippen LogP contribution in [0.1, 0.15) is 24.8 Å². The van der Waals surface area contributed by atoms with Gasteiger partial charge in [-0.1, -0.05) is 30.8 Å². The molecular formula is C13H15FN2OS. The van der Waals surface area contributed by atoms with Crippen molar-refractivity contribution in [1.82, 2.24) is 0 Å². The summed E-state index contributed by atoms with van der Waals surface area (Å²) in [4.78, 5) is 12.4. The quantitative estimate of drug-likeness (QED) is 0.827. The van der Waals surface area contributed by atoms with Crippen molar-refractivity contribution in [2.24, 2.45) is 11.1 Å². The maximum atomic E-state index is 13.6. The molecule has 1 aliphatic carbocycles. The zero-order valence-corrected chi connectivity index (χ0v) is 10.9. The fourth-order valence-corrected chi connectivity index (χ4v) is 2.44. The number of amides is 1. The van der Waals surface area contributed by atoms with Gasteiger partial charge in [-0.05, 0) is 31.4 Å². The highest BCUT2D eigenvalue weighted by atomic mass is 32.1. The number of benzene rings is 1. The Balaban J connectivity index is 2.24. The van der Waals surface area contributed by atoms with Crippen LogP contribution in [0.15, 0.2) is 18.2 Å². The third-order valence-electron chi connectivity index (χ3n) is 3.57. The van der Waals surface area contributed by atoms with Crippen LogP contribution in [0.3, 0.4) is 0 Å². The molecule has 0 bridgehead atoms. The van der Waals surface area contributed by atoms with Crippen molar-refractivity contribution < 1.29 is 9.18 Å². The van der Waals surface area contributed by atoms with Crippen LogP contribution in [0, 0.1) is 18.2 Å². The smallest absolute Gasteiger partial charge is 0.237 e. The first-order valence-electron chi connectivity index (χ1n) is 5.84. The van der Waals surface area contributed by atoms with E-state index in [1.54, 1.807) is 19.1 Å². The Morgan fingerprint density at radius 1 is 1.50 bits per heavy atom. The van der Waals surface area contributed by atoms with E-state index < -0.39 is 11.2 Å². The second kappa shape index (κ2) is 4.65. The SMILES string of the molecule is Cc1cccc(F)c1NC(=O)C1(C(N)=S)CCC1. The standard InChI is InChI=1S/C13H15FN2OS/c1-8-4-2-5-9(14)10(8)16-12(17)13(11(15)18)6-3-7-13/h2,4-5H,3,6-7H2,1H3,(H2,15,18)(H,16,17). The molecule has 1 amide bonds. The van der Waals surface area contributed by atoms with Crippen molar-refractivity contribution >= 4 is 28.8 Å². The maximum absolute atomic E-state index is 13.6. The number of hydrogen-bond donors (Lipinski definition) is 2. The van der Waals surface area contributed by atoms with Crippen molar-refractivity contribution in [2.45, 2.75) is 26.2 Å². The minimum Gasteiger partial charge on any atom is -0.392 e. The molecule has 1 aliphatic rings.